The molecule has 1 aromatic carbocycles. The van der Waals surface area contributed by atoms with Crippen molar-refractivity contribution in [1.82, 2.24) is 15.0 Å². The van der Waals surface area contributed by atoms with Crippen LogP contribution in [0.3, 0.4) is 0 Å². The SMILES string of the molecule is CO[C@H]1CN(c2nc3ccccc3nc2NCc2ccc(S(C)(=O)=O)cn2)CC[C@H]1OC. The van der Waals surface area contributed by atoms with Crippen LogP contribution < -0.4 is 10.2 Å². The highest BCUT2D eigenvalue weighted by Gasteiger charge is 2.31. The maximum atomic E-state index is 11.7. The second-order valence-electron chi connectivity index (χ2n) is 7.78. The van der Waals surface area contributed by atoms with Gasteiger partial charge in [-0.25, -0.2) is 18.4 Å². The molecule has 32 heavy (non-hydrogen) atoms. The lowest BCUT2D eigenvalue weighted by molar-refractivity contribution is -0.0442. The minimum Gasteiger partial charge on any atom is -0.379 e. The third kappa shape index (κ3) is 4.82. The molecule has 0 spiro atoms. The molecule has 170 valence electrons. The summed E-state index contributed by atoms with van der Waals surface area (Å²) < 4.78 is 34.5. The summed E-state index contributed by atoms with van der Waals surface area (Å²) in [6.07, 6.45) is 3.33. The van der Waals surface area contributed by atoms with E-state index in [1.807, 2.05) is 24.3 Å². The molecule has 3 heterocycles. The van der Waals surface area contributed by atoms with E-state index in [0.717, 1.165) is 29.8 Å². The summed E-state index contributed by atoms with van der Waals surface area (Å²) in [6.45, 7) is 1.78. The van der Waals surface area contributed by atoms with E-state index in [1.165, 1.54) is 12.5 Å². The van der Waals surface area contributed by atoms with Crippen LogP contribution in [0.1, 0.15) is 12.1 Å². The number of nitrogens with one attached hydrogen (secondary N) is 1. The van der Waals surface area contributed by atoms with Crippen molar-refractivity contribution in [2.24, 2.45) is 0 Å². The molecule has 1 saturated heterocycles. The van der Waals surface area contributed by atoms with Crippen molar-refractivity contribution in [3.05, 3.63) is 48.3 Å². The van der Waals surface area contributed by atoms with E-state index in [1.54, 1.807) is 26.4 Å². The van der Waals surface area contributed by atoms with Gasteiger partial charge < -0.3 is 19.7 Å². The lowest BCUT2D eigenvalue weighted by Crippen LogP contribution is -2.49. The Bertz CT molecular complexity index is 1190. The summed E-state index contributed by atoms with van der Waals surface area (Å²) in [5.74, 6) is 1.39. The van der Waals surface area contributed by atoms with Gasteiger partial charge in [-0.15, -0.1) is 0 Å². The van der Waals surface area contributed by atoms with Crippen molar-refractivity contribution in [1.29, 1.82) is 0 Å². The fourth-order valence-corrected chi connectivity index (χ4v) is 4.38. The van der Waals surface area contributed by atoms with Crippen LogP contribution in [0.15, 0.2) is 47.5 Å². The first-order valence-corrected chi connectivity index (χ1v) is 12.2. The van der Waals surface area contributed by atoms with Crippen molar-refractivity contribution in [3.8, 4) is 0 Å². The molecule has 1 fully saturated rings. The van der Waals surface area contributed by atoms with E-state index in [2.05, 4.69) is 15.2 Å². The summed E-state index contributed by atoms with van der Waals surface area (Å²) in [5, 5.41) is 3.34. The quantitative estimate of drug-likeness (QED) is 0.572. The minimum atomic E-state index is -3.28. The monoisotopic (exact) mass is 457 g/mol. The number of sulfone groups is 1. The van der Waals surface area contributed by atoms with Crippen LogP contribution in [0.4, 0.5) is 11.6 Å². The molecule has 0 bridgehead atoms. The first-order chi connectivity index (χ1) is 15.4. The third-order valence-corrected chi connectivity index (χ3v) is 6.72. The average Bonchev–Trinajstić information content (AvgIpc) is 2.81. The van der Waals surface area contributed by atoms with Crippen molar-refractivity contribution in [2.45, 2.75) is 30.1 Å². The zero-order valence-electron chi connectivity index (χ0n) is 18.4. The number of para-hydroxylation sites is 2. The molecule has 1 aliphatic heterocycles. The third-order valence-electron chi connectivity index (χ3n) is 5.62. The molecule has 1 N–H and O–H groups in total. The van der Waals surface area contributed by atoms with E-state index in [9.17, 15) is 8.42 Å². The van der Waals surface area contributed by atoms with Gasteiger partial charge in [-0.3, -0.25) is 4.98 Å². The van der Waals surface area contributed by atoms with Gasteiger partial charge in [0, 0.05) is 39.8 Å². The van der Waals surface area contributed by atoms with Crippen molar-refractivity contribution in [2.75, 3.05) is 43.8 Å². The molecule has 2 aromatic heterocycles. The first-order valence-electron chi connectivity index (χ1n) is 10.3. The largest absolute Gasteiger partial charge is 0.379 e. The summed E-state index contributed by atoms with van der Waals surface area (Å²) >= 11 is 0. The number of methoxy groups -OCH3 is 2. The second-order valence-corrected chi connectivity index (χ2v) is 9.79. The molecule has 2 atom stereocenters. The van der Waals surface area contributed by atoms with Crippen molar-refractivity contribution >= 4 is 32.5 Å². The number of nitrogens with zero attached hydrogens (tertiary/aromatic N) is 4. The number of anilines is 2. The lowest BCUT2D eigenvalue weighted by Gasteiger charge is -2.38. The highest BCUT2D eigenvalue weighted by Crippen LogP contribution is 2.29. The van der Waals surface area contributed by atoms with E-state index in [4.69, 9.17) is 19.4 Å². The second kappa shape index (κ2) is 9.35. The lowest BCUT2D eigenvalue weighted by atomic mass is 10.0. The van der Waals surface area contributed by atoms with E-state index in [-0.39, 0.29) is 17.1 Å². The van der Waals surface area contributed by atoms with Crippen molar-refractivity contribution in [3.63, 3.8) is 0 Å². The molecule has 0 radical (unpaired) electrons. The van der Waals surface area contributed by atoms with Gasteiger partial charge in [-0.05, 0) is 30.7 Å². The van der Waals surface area contributed by atoms with Gasteiger partial charge in [-0.2, -0.15) is 0 Å². The van der Waals surface area contributed by atoms with Gasteiger partial charge in [0.15, 0.2) is 21.5 Å². The highest BCUT2D eigenvalue weighted by molar-refractivity contribution is 7.90. The number of piperidine rings is 1. The topological polar surface area (TPSA) is 107 Å². The fraction of sp³-hybridized carbons (Fsp3) is 0.409. The Morgan fingerprint density at radius 1 is 1.06 bits per heavy atom. The molecule has 10 heteroatoms. The van der Waals surface area contributed by atoms with E-state index >= 15 is 0 Å². The molecular formula is C22H27N5O4S. The van der Waals surface area contributed by atoms with Gasteiger partial charge in [0.2, 0.25) is 0 Å². The Balaban J connectivity index is 1.61. The van der Waals surface area contributed by atoms with E-state index in [0.29, 0.717) is 24.6 Å². The van der Waals surface area contributed by atoms with Crippen LogP contribution in [-0.2, 0) is 25.9 Å². The Labute approximate surface area is 187 Å². The number of aromatic nitrogens is 3. The number of rotatable bonds is 7. The molecular weight excluding hydrogens is 430 g/mol. The molecule has 4 rings (SSSR count). The summed E-state index contributed by atoms with van der Waals surface area (Å²) in [7, 11) is 0.116. The number of pyridine rings is 1. The Kier molecular flexibility index (Phi) is 6.54. The van der Waals surface area contributed by atoms with Crippen molar-refractivity contribution < 1.29 is 17.9 Å². The fourth-order valence-electron chi connectivity index (χ4n) is 3.82. The number of fused-ring (bicyclic) bond motifs is 1. The average molecular weight is 458 g/mol. The molecule has 0 amide bonds. The molecule has 0 unspecified atom stereocenters. The molecule has 9 nitrogen and oxygen atoms in total. The number of hydrogen-bond donors (Lipinski definition) is 1. The smallest absolute Gasteiger partial charge is 0.177 e. The van der Waals surface area contributed by atoms with Crippen LogP contribution in [0.2, 0.25) is 0 Å². The number of hydrogen-bond acceptors (Lipinski definition) is 9. The van der Waals surface area contributed by atoms with Gasteiger partial charge >= 0.3 is 0 Å². The van der Waals surface area contributed by atoms with Crippen LogP contribution in [0, 0.1) is 0 Å². The minimum absolute atomic E-state index is 0.0404. The molecule has 0 aliphatic carbocycles. The molecule has 0 saturated carbocycles. The van der Waals surface area contributed by atoms with E-state index < -0.39 is 9.84 Å². The zero-order chi connectivity index (χ0) is 22.7. The van der Waals surface area contributed by atoms with Gasteiger partial charge in [-0.1, -0.05) is 12.1 Å². The summed E-state index contributed by atoms with van der Waals surface area (Å²) in [4.78, 5) is 16.3. The standard InChI is InChI=1S/C22H27N5O4S/c1-30-19-10-11-27(14-20(19)31-2)22-21(25-17-6-4-5-7-18(17)26-22)24-12-15-8-9-16(13-23-15)32(3,28)29/h4-9,13,19-20H,10-12,14H2,1-3H3,(H,24,25)/t19-,20+/m1/s1. The Morgan fingerprint density at radius 2 is 1.78 bits per heavy atom. The number of benzene rings is 1. The van der Waals surface area contributed by atoms with Crippen LogP contribution in [-0.4, -0.2) is 69.1 Å². The normalized spacial score (nSPS) is 19.3. The van der Waals surface area contributed by atoms with Gasteiger partial charge in [0.1, 0.15) is 6.10 Å². The predicted molar refractivity (Wildman–Crippen MR) is 123 cm³/mol. The van der Waals surface area contributed by atoms with Gasteiger partial charge in [0.05, 0.1) is 34.3 Å². The van der Waals surface area contributed by atoms with Crippen LogP contribution in [0.5, 0.6) is 0 Å². The van der Waals surface area contributed by atoms with Crippen LogP contribution >= 0.6 is 0 Å². The zero-order valence-corrected chi connectivity index (χ0v) is 19.2. The number of ether oxygens (including phenoxy) is 2. The highest BCUT2D eigenvalue weighted by atomic mass is 32.2. The summed E-state index contributed by atoms with van der Waals surface area (Å²) in [5.41, 5.74) is 2.30. The predicted octanol–water partition coefficient (Wildman–Crippen LogP) is 2.28. The maximum absolute atomic E-state index is 11.7. The molecule has 1 aliphatic rings. The first kappa shape index (κ1) is 22.4. The van der Waals surface area contributed by atoms with Gasteiger partial charge in [0.25, 0.3) is 0 Å². The molecule has 3 aromatic rings. The Hall–Kier alpha value is -2.82. The maximum Gasteiger partial charge on any atom is 0.177 e. The summed E-state index contributed by atoms with van der Waals surface area (Å²) in [6, 6.07) is 11.0. The van der Waals surface area contributed by atoms with Crippen LogP contribution in [0.25, 0.3) is 11.0 Å². The Morgan fingerprint density at radius 3 is 2.41 bits per heavy atom.